The van der Waals surface area contributed by atoms with Crippen molar-refractivity contribution >= 4 is 0 Å². The lowest BCUT2D eigenvalue weighted by Gasteiger charge is -2.18. The molecule has 0 spiro atoms. The Morgan fingerprint density at radius 1 is 1.55 bits per heavy atom. The third-order valence-electron chi connectivity index (χ3n) is 3.42. The van der Waals surface area contributed by atoms with E-state index in [0.29, 0.717) is 0 Å². The molecule has 0 aromatic carbocycles. The summed E-state index contributed by atoms with van der Waals surface area (Å²) in [5.74, 6) is 1.86. The molecule has 0 aromatic rings. The Balaban J connectivity index is 2.09. The fourth-order valence-electron chi connectivity index (χ4n) is 2.55. The van der Waals surface area contributed by atoms with Crippen LogP contribution in [0.1, 0.15) is 26.7 Å². The molecule has 1 heteroatoms. The quantitative estimate of drug-likeness (QED) is 0.555. The van der Waals surface area contributed by atoms with Crippen molar-refractivity contribution in [1.29, 1.82) is 0 Å². The topological polar surface area (TPSA) is 3.24 Å². The smallest absolute Gasteiger partial charge is 0.0348 e. The van der Waals surface area contributed by atoms with Gasteiger partial charge in [0.2, 0.25) is 0 Å². The van der Waals surface area contributed by atoms with Gasteiger partial charge in [0.05, 0.1) is 0 Å². The number of nitrogens with zero attached hydrogens (tertiary/aromatic N) is 1. The summed E-state index contributed by atoms with van der Waals surface area (Å²) in [4.78, 5) is 2.53. The molecule has 0 bridgehead atoms. The highest BCUT2D eigenvalue weighted by Gasteiger charge is 2.37. The predicted octanol–water partition coefficient (Wildman–Crippen LogP) is 2.25. The first-order valence-corrected chi connectivity index (χ1v) is 4.75. The van der Waals surface area contributed by atoms with Crippen LogP contribution in [-0.2, 0) is 0 Å². The lowest BCUT2D eigenvalue weighted by Crippen LogP contribution is -2.22. The molecular weight excluding hydrogens is 134 g/mol. The van der Waals surface area contributed by atoms with Crippen LogP contribution in [0, 0.1) is 11.8 Å². The van der Waals surface area contributed by atoms with Crippen LogP contribution in [0.3, 0.4) is 0 Å². The minimum atomic E-state index is 0.847. The number of hydrogen-bond donors (Lipinski definition) is 0. The van der Waals surface area contributed by atoms with Gasteiger partial charge in [-0.2, -0.15) is 0 Å². The molecule has 62 valence electrons. The van der Waals surface area contributed by atoms with E-state index in [4.69, 9.17) is 0 Å². The Morgan fingerprint density at radius 3 is 3.00 bits per heavy atom. The second-order valence-electron chi connectivity index (χ2n) is 3.91. The molecule has 2 heterocycles. The normalized spacial score (nSPS) is 41.6. The molecule has 3 atom stereocenters. The summed E-state index contributed by atoms with van der Waals surface area (Å²) in [5.41, 5.74) is 0. The maximum absolute atomic E-state index is 2.53. The van der Waals surface area contributed by atoms with E-state index in [1.807, 2.05) is 0 Å². The molecule has 2 aliphatic rings. The monoisotopic (exact) mass is 151 g/mol. The Bertz CT molecular complexity index is 174. The Morgan fingerprint density at radius 2 is 2.36 bits per heavy atom. The first-order valence-electron chi connectivity index (χ1n) is 4.75. The van der Waals surface area contributed by atoms with Gasteiger partial charge in [-0.25, -0.2) is 0 Å². The highest BCUT2D eigenvalue weighted by molar-refractivity contribution is 5.05. The van der Waals surface area contributed by atoms with Crippen molar-refractivity contribution < 1.29 is 0 Å². The highest BCUT2D eigenvalue weighted by Crippen LogP contribution is 2.36. The van der Waals surface area contributed by atoms with Gasteiger partial charge in [0.25, 0.3) is 0 Å². The van der Waals surface area contributed by atoms with Gasteiger partial charge in [-0.3, -0.25) is 0 Å². The van der Waals surface area contributed by atoms with Crippen molar-refractivity contribution in [3.8, 4) is 0 Å². The number of rotatable bonds is 1. The Kier molecular flexibility index (Phi) is 1.67. The van der Waals surface area contributed by atoms with Crippen molar-refractivity contribution in [1.82, 2.24) is 4.90 Å². The zero-order valence-corrected chi connectivity index (χ0v) is 7.46. The number of hydrogen-bond acceptors (Lipinski definition) is 1. The molecule has 0 amide bonds. The van der Waals surface area contributed by atoms with Crippen molar-refractivity contribution in [2.75, 3.05) is 6.54 Å². The summed E-state index contributed by atoms with van der Waals surface area (Å²) < 4.78 is 0. The van der Waals surface area contributed by atoms with Crippen molar-refractivity contribution in [3.63, 3.8) is 0 Å². The van der Waals surface area contributed by atoms with Crippen molar-refractivity contribution in [2.24, 2.45) is 11.8 Å². The van der Waals surface area contributed by atoms with E-state index in [-0.39, 0.29) is 0 Å². The van der Waals surface area contributed by atoms with Gasteiger partial charge in [0, 0.05) is 12.6 Å². The highest BCUT2D eigenvalue weighted by atomic mass is 15.2. The van der Waals surface area contributed by atoms with Crippen LogP contribution in [0.25, 0.3) is 0 Å². The van der Waals surface area contributed by atoms with Gasteiger partial charge in [-0.1, -0.05) is 26.3 Å². The van der Waals surface area contributed by atoms with Crippen LogP contribution < -0.4 is 0 Å². The fraction of sp³-hybridized carbons (Fsp3) is 0.800. The van der Waals surface area contributed by atoms with E-state index >= 15 is 0 Å². The van der Waals surface area contributed by atoms with Crippen molar-refractivity contribution in [2.45, 2.75) is 32.7 Å². The molecule has 1 nitrogen and oxygen atoms in total. The molecule has 0 N–H and O–H groups in total. The van der Waals surface area contributed by atoms with E-state index in [1.54, 1.807) is 0 Å². The molecular formula is C10H17N. The maximum Gasteiger partial charge on any atom is 0.0348 e. The fourth-order valence-corrected chi connectivity index (χ4v) is 2.55. The maximum atomic E-state index is 2.53. The van der Waals surface area contributed by atoms with Crippen molar-refractivity contribution in [3.05, 3.63) is 12.3 Å². The number of fused-ring (bicyclic) bond motifs is 1. The van der Waals surface area contributed by atoms with E-state index in [2.05, 4.69) is 31.0 Å². The minimum Gasteiger partial charge on any atom is -0.374 e. The van der Waals surface area contributed by atoms with E-state index in [1.165, 1.54) is 19.4 Å². The molecule has 1 saturated heterocycles. The zero-order chi connectivity index (χ0) is 7.84. The molecule has 2 aliphatic heterocycles. The largest absolute Gasteiger partial charge is 0.374 e. The van der Waals surface area contributed by atoms with Gasteiger partial charge < -0.3 is 4.90 Å². The van der Waals surface area contributed by atoms with Gasteiger partial charge >= 0.3 is 0 Å². The van der Waals surface area contributed by atoms with Gasteiger partial charge in [-0.15, -0.1) is 0 Å². The third-order valence-corrected chi connectivity index (χ3v) is 3.42. The molecule has 0 radical (unpaired) electrons. The third kappa shape index (κ3) is 0.979. The standard InChI is InChI=1S/C10H17N/c1-3-9-7-11-6-4-5-10(11)8(9)2/h4,6,8-10H,3,5,7H2,1-2H3/t8-,9?,10?/m0/s1. The molecule has 11 heavy (non-hydrogen) atoms. The van der Waals surface area contributed by atoms with Crippen LogP contribution in [0.4, 0.5) is 0 Å². The summed E-state index contributed by atoms with van der Waals surface area (Å²) in [6, 6.07) is 0.847. The zero-order valence-electron chi connectivity index (χ0n) is 7.46. The molecule has 0 aromatic heterocycles. The second-order valence-corrected chi connectivity index (χ2v) is 3.91. The van der Waals surface area contributed by atoms with Gasteiger partial charge in [0.1, 0.15) is 0 Å². The first kappa shape index (κ1) is 7.20. The molecule has 0 saturated carbocycles. The summed E-state index contributed by atoms with van der Waals surface area (Å²) >= 11 is 0. The first-order chi connectivity index (χ1) is 5.33. The average molecular weight is 151 g/mol. The van der Waals surface area contributed by atoms with Crippen LogP contribution in [0.5, 0.6) is 0 Å². The molecule has 1 fully saturated rings. The lowest BCUT2D eigenvalue weighted by molar-refractivity contribution is 0.334. The lowest BCUT2D eigenvalue weighted by atomic mass is 9.89. The predicted molar refractivity (Wildman–Crippen MR) is 47.2 cm³/mol. The Labute approximate surface area is 69.1 Å². The van der Waals surface area contributed by atoms with E-state index in [9.17, 15) is 0 Å². The summed E-state index contributed by atoms with van der Waals surface area (Å²) in [7, 11) is 0. The molecule has 2 unspecified atom stereocenters. The van der Waals surface area contributed by atoms with Crippen LogP contribution in [-0.4, -0.2) is 17.5 Å². The van der Waals surface area contributed by atoms with Gasteiger partial charge in [-0.05, 0) is 24.5 Å². The summed E-state index contributed by atoms with van der Waals surface area (Å²) in [5, 5.41) is 0. The van der Waals surface area contributed by atoms with Crippen LogP contribution in [0.15, 0.2) is 12.3 Å². The molecule has 2 rings (SSSR count). The minimum absolute atomic E-state index is 0.847. The van der Waals surface area contributed by atoms with E-state index < -0.39 is 0 Å². The second kappa shape index (κ2) is 2.54. The Hall–Kier alpha value is -0.460. The van der Waals surface area contributed by atoms with E-state index in [0.717, 1.165) is 17.9 Å². The average Bonchev–Trinajstić information content (AvgIpc) is 2.53. The molecule has 0 aliphatic carbocycles. The summed E-state index contributed by atoms with van der Waals surface area (Å²) in [6.45, 7) is 6.03. The SMILES string of the molecule is CCC1CN2C=CCC2[C@H]1C. The van der Waals surface area contributed by atoms with Crippen LogP contribution >= 0.6 is 0 Å². The van der Waals surface area contributed by atoms with Gasteiger partial charge in [0.15, 0.2) is 0 Å². The van der Waals surface area contributed by atoms with Crippen LogP contribution in [0.2, 0.25) is 0 Å². The summed E-state index contributed by atoms with van der Waals surface area (Å²) in [6.07, 6.45) is 7.24.